The number of anilines is 1. The van der Waals surface area contributed by atoms with Gasteiger partial charge in [-0.3, -0.25) is 0 Å². The summed E-state index contributed by atoms with van der Waals surface area (Å²) >= 11 is 0. The van der Waals surface area contributed by atoms with Gasteiger partial charge in [-0.1, -0.05) is 27.7 Å². The fourth-order valence-corrected chi connectivity index (χ4v) is 2.37. The van der Waals surface area contributed by atoms with Crippen molar-refractivity contribution in [3.63, 3.8) is 0 Å². The van der Waals surface area contributed by atoms with E-state index in [4.69, 9.17) is 5.73 Å². The SMILES string of the molecule is CC1CCC(c2nc(N)nc(C(C)(C)C)n2)C1. The summed E-state index contributed by atoms with van der Waals surface area (Å²) in [7, 11) is 0. The molecule has 94 valence electrons. The molecule has 1 fully saturated rings. The topological polar surface area (TPSA) is 64.7 Å². The van der Waals surface area contributed by atoms with Crippen LogP contribution in [0.25, 0.3) is 0 Å². The molecule has 1 saturated carbocycles. The van der Waals surface area contributed by atoms with E-state index in [1.54, 1.807) is 0 Å². The predicted octanol–water partition coefficient (Wildman–Crippen LogP) is 2.65. The Kier molecular flexibility index (Phi) is 3.06. The smallest absolute Gasteiger partial charge is 0.223 e. The van der Waals surface area contributed by atoms with Gasteiger partial charge in [0.2, 0.25) is 5.95 Å². The second-order valence-electron chi connectivity index (χ2n) is 6.24. The van der Waals surface area contributed by atoms with Gasteiger partial charge >= 0.3 is 0 Å². The predicted molar refractivity (Wildman–Crippen MR) is 68.7 cm³/mol. The second kappa shape index (κ2) is 4.24. The zero-order chi connectivity index (χ0) is 12.6. The van der Waals surface area contributed by atoms with Crippen LogP contribution in [0.5, 0.6) is 0 Å². The van der Waals surface area contributed by atoms with Crippen molar-refractivity contribution in [2.45, 2.75) is 58.3 Å². The molecular formula is C13H22N4. The average Bonchev–Trinajstić information content (AvgIpc) is 2.62. The van der Waals surface area contributed by atoms with Crippen molar-refractivity contribution >= 4 is 5.95 Å². The first-order valence-corrected chi connectivity index (χ1v) is 6.38. The van der Waals surface area contributed by atoms with Crippen LogP contribution in [0.4, 0.5) is 5.95 Å². The molecule has 1 aromatic rings. The largest absolute Gasteiger partial charge is 0.368 e. The van der Waals surface area contributed by atoms with Gasteiger partial charge in [-0.2, -0.15) is 9.97 Å². The van der Waals surface area contributed by atoms with Gasteiger partial charge in [-0.25, -0.2) is 4.98 Å². The van der Waals surface area contributed by atoms with Crippen LogP contribution in [-0.4, -0.2) is 15.0 Å². The van der Waals surface area contributed by atoms with E-state index in [1.165, 1.54) is 19.3 Å². The number of nitrogens with zero attached hydrogens (tertiary/aromatic N) is 3. The zero-order valence-corrected chi connectivity index (χ0v) is 11.2. The van der Waals surface area contributed by atoms with Crippen LogP contribution < -0.4 is 5.73 Å². The summed E-state index contributed by atoms with van der Waals surface area (Å²) < 4.78 is 0. The molecule has 4 nitrogen and oxygen atoms in total. The number of nitrogen functional groups attached to an aromatic ring is 1. The van der Waals surface area contributed by atoms with Gasteiger partial charge < -0.3 is 5.73 Å². The molecule has 1 aliphatic carbocycles. The minimum atomic E-state index is -0.0734. The molecule has 0 aromatic carbocycles. The van der Waals surface area contributed by atoms with Crippen LogP contribution in [0.15, 0.2) is 0 Å². The summed E-state index contributed by atoms with van der Waals surface area (Å²) in [5.74, 6) is 3.30. The van der Waals surface area contributed by atoms with E-state index in [2.05, 4.69) is 42.6 Å². The Morgan fingerprint density at radius 1 is 1.12 bits per heavy atom. The van der Waals surface area contributed by atoms with E-state index < -0.39 is 0 Å². The van der Waals surface area contributed by atoms with Crippen LogP contribution in [0.1, 0.15) is 64.5 Å². The van der Waals surface area contributed by atoms with Crippen molar-refractivity contribution in [3.05, 3.63) is 11.6 Å². The highest BCUT2D eigenvalue weighted by Gasteiger charge is 2.27. The molecule has 0 bridgehead atoms. The molecule has 2 N–H and O–H groups in total. The Morgan fingerprint density at radius 2 is 1.82 bits per heavy atom. The van der Waals surface area contributed by atoms with E-state index in [1.807, 2.05) is 0 Å². The number of rotatable bonds is 1. The first-order valence-electron chi connectivity index (χ1n) is 6.38. The van der Waals surface area contributed by atoms with Gasteiger partial charge in [0.15, 0.2) is 0 Å². The van der Waals surface area contributed by atoms with Crippen molar-refractivity contribution in [3.8, 4) is 0 Å². The van der Waals surface area contributed by atoms with Crippen molar-refractivity contribution in [1.82, 2.24) is 15.0 Å². The van der Waals surface area contributed by atoms with E-state index in [-0.39, 0.29) is 5.41 Å². The first-order chi connectivity index (χ1) is 7.86. The molecule has 0 radical (unpaired) electrons. The van der Waals surface area contributed by atoms with Crippen molar-refractivity contribution < 1.29 is 0 Å². The molecule has 17 heavy (non-hydrogen) atoms. The standard InChI is InChI=1S/C13H22N4/c1-8-5-6-9(7-8)10-15-11(13(2,3)4)17-12(14)16-10/h8-9H,5-7H2,1-4H3,(H2,14,15,16,17). The van der Waals surface area contributed by atoms with Crippen molar-refractivity contribution in [2.75, 3.05) is 5.73 Å². The minimum Gasteiger partial charge on any atom is -0.368 e. The molecule has 2 unspecified atom stereocenters. The Morgan fingerprint density at radius 3 is 2.35 bits per heavy atom. The number of hydrogen-bond donors (Lipinski definition) is 1. The quantitative estimate of drug-likeness (QED) is 0.811. The third-order valence-corrected chi connectivity index (χ3v) is 3.40. The van der Waals surface area contributed by atoms with Gasteiger partial charge in [0, 0.05) is 11.3 Å². The summed E-state index contributed by atoms with van der Waals surface area (Å²) in [6.45, 7) is 8.59. The fraction of sp³-hybridized carbons (Fsp3) is 0.769. The maximum atomic E-state index is 5.80. The highest BCUT2D eigenvalue weighted by molar-refractivity contribution is 5.20. The first kappa shape index (κ1) is 12.3. The molecule has 1 aliphatic rings. The maximum absolute atomic E-state index is 5.80. The summed E-state index contributed by atoms with van der Waals surface area (Å²) in [6.07, 6.45) is 3.61. The zero-order valence-electron chi connectivity index (χ0n) is 11.2. The normalized spacial score (nSPS) is 25.2. The summed E-state index contributed by atoms with van der Waals surface area (Å²) in [6, 6.07) is 0. The van der Waals surface area contributed by atoms with Crippen LogP contribution in [0.2, 0.25) is 0 Å². The molecule has 0 aliphatic heterocycles. The Bertz CT molecular complexity index is 408. The van der Waals surface area contributed by atoms with Gasteiger partial charge in [-0.05, 0) is 25.2 Å². The third-order valence-electron chi connectivity index (χ3n) is 3.40. The third kappa shape index (κ3) is 2.73. The highest BCUT2D eigenvalue weighted by atomic mass is 15.1. The second-order valence-corrected chi connectivity index (χ2v) is 6.24. The fourth-order valence-electron chi connectivity index (χ4n) is 2.37. The number of aromatic nitrogens is 3. The molecule has 1 heterocycles. The Labute approximate surface area is 103 Å². The lowest BCUT2D eigenvalue weighted by Crippen LogP contribution is -2.20. The molecule has 0 spiro atoms. The molecule has 0 amide bonds. The average molecular weight is 234 g/mol. The van der Waals surface area contributed by atoms with Crippen LogP contribution >= 0.6 is 0 Å². The summed E-state index contributed by atoms with van der Waals surface area (Å²) in [5.41, 5.74) is 5.72. The summed E-state index contributed by atoms with van der Waals surface area (Å²) in [5, 5.41) is 0. The van der Waals surface area contributed by atoms with Crippen molar-refractivity contribution in [1.29, 1.82) is 0 Å². The van der Waals surface area contributed by atoms with Crippen LogP contribution in [-0.2, 0) is 5.41 Å². The highest BCUT2D eigenvalue weighted by Crippen LogP contribution is 2.36. The van der Waals surface area contributed by atoms with E-state index in [9.17, 15) is 0 Å². The molecule has 2 rings (SSSR count). The van der Waals surface area contributed by atoms with Gasteiger partial charge in [0.25, 0.3) is 0 Å². The van der Waals surface area contributed by atoms with Gasteiger partial charge in [0.05, 0.1) is 0 Å². The lowest BCUT2D eigenvalue weighted by Gasteiger charge is -2.18. The van der Waals surface area contributed by atoms with E-state index in [0.717, 1.165) is 17.6 Å². The lowest BCUT2D eigenvalue weighted by atomic mass is 9.95. The molecule has 0 saturated heterocycles. The lowest BCUT2D eigenvalue weighted by molar-refractivity contribution is 0.524. The Balaban J connectivity index is 2.32. The van der Waals surface area contributed by atoms with Gasteiger partial charge in [0.1, 0.15) is 11.6 Å². The van der Waals surface area contributed by atoms with Crippen LogP contribution in [0.3, 0.4) is 0 Å². The monoisotopic (exact) mass is 234 g/mol. The minimum absolute atomic E-state index is 0.0734. The van der Waals surface area contributed by atoms with Crippen LogP contribution in [0, 0.1) is 5.92 Å². The molecular weight excluding hydrogens is 212 g/mol. The number of nitrogens with two attached hydrogens (primary N) is 1. The Hall–Kier alpha value is -1.19. The van der Waals surface area contributed by atoms with E-state index >= 15 is 0 Å². The molecule has 1 aromatic heterocycles. The summed E-state index contributed by atoms with van der Waals surface area (Å²) in [4.78, 5) is 13.2. The van der Waals surface area contributed by atoms with E-state index in [0.29, 0.717) is 11.9 Å². The van der Waals surface area contributed by atoms with Gasteiger partial charge in [-0.15, -0.1) is 0 Å². The number of hydrogen-bond acceptors (Lipinski definition) is 4. The maximum Gasteiger partial charge on any atom is 0.223 e. The van der Waals surface area contributed by atoms with Crippen molar-refractivity contribution in [2.24, 2.45) is 5.92 Å². The molecule has 4 heteroatoms. The molecule has 2 atom stereocenters.